The second-order valence-corrected chi connectivity index (χ2v) is 4.09. The molecule has 96 valence electrons. The third-order valence-corrected chi connectivity index (χ3v) is 2.56. The standard InChI is InChI=1S/C15H27.ClH.Mg/c1-3-5-7-9-11-13-15-14-12-10-8-6-4-2;;/h3,5,7,12H,1,4,6,8-11,13-15H2,2H3;1H;/q-1;;+2/p-1. The van der Waals surface area contributed by atoms with Crippen molar-refractivity contribution in [2.45, 2.75) is 64.7 Å². The molecule has 0 aromatic rings. The quantitative estimate of drug-likeness (QED) is 0.233. The van der Waals surface area contributed by atoms with E-state index in [0.717, 1.165) is 0 Å². The Kier molecular flexibility index (Phi) is 29.1. The van der Waals surface area contributed by atoms with Gasteiger partial charge in [0.15, 0.2) is 0 Å². The van der Waals surface area contributed by atoms with E-state index < -0.39 is 0 Å². The first-order chi connectivity index (χ1) is 7.41. The molecule has 0 aliphatic heterocycles. The van der Waals surface area contributed by atoms with Gasteiger partial charge in [-0.3, -0.25) is 0 Å². The van der Waals surface area contributed by atoms with Gasteiger partial charge in [0.2, 0.25) is 0 Å². The maximum atomic E-state index is 3.65. The SMILES string of the molecule is C=CC=CCCCCC[CH-]CCCCC.[Cl-].[Mg+2]. The Balaban J connectivity index is -0.000000980. The van der Waals surface area contributed by atoms with Gasteiger partial charge in [0, 0.05) is 0 Å². The van der Waals surface area contributed by atoms with Crippen molar-refractivity contribution in [1.82, 2.24) is 0 Å². The molecule has 0 aromatic heterocycles. The van der Waals surface area contributed by atoms with E-state index in [9.17, 15) is 0 Å². The Morgan fingerprint density at radius 2 is 1.65 bits per heavy atom. The summed E-state index contributed by atoms with van der Waals surface area (Å²) in [5.41, 5.74) is 0. The summed E-state index contributed by atoms with van der Waals surface area (Å²) in [7, 11) is 0. The molecule has 0 saturated carbocycles. The number of hydrogen-bond donors (Lipinski definition) is 0. The largest absolute Gasteiger partial charge is 2.00 e. The van der Waals surface area contributed by atoms with Gasteiger partial charge in [-0.2, -0.15) is 12.8 Å². The molecule has 0 N–H and O–H groups in total. The van der Waals surface area contributed by atoms with Gasteiger partial charge in [-0.05, 0) is 12.8 Å². The van der Waals surface area contributed by atoms with Crippen molar-refractivity contribution >= 4 is 23.1 Å². The van der Waals surface area contributed by atoms with Crippen LogP contribution >= 0.6 is 0 Å². The Morgan fingerprint density at radius 1 is 1.00 bits per heavy atom. The van der Waals surface area contributed by atoms with Gasteiger partial charge < -0.3 is 18.8 Å². The molecule has 0 atom stereocenters. The van der Waals surface area contributed by atoms with Crippen LogP contribution in [0.15, 0.2) is 24.8 Å². The molecule has 0 amide bonds. The molecule has 0 spiro atoms. The maximum absolute atomic E-state index is 3.65. The number of allylic oxidation sites excluding steroid dienone is 3. The predicted molar refractivity (Wildman–Crippen MR) is 76.6 cm³/mol. The molecule has 0 bridgehead atoms. The fourth-order valence-corrected chi connectivity index (χ4v) is 1.60. The van der Waals surface area contributed by atoms with Gasteiger partial charge >= 0.3 is 23.1 Å². The van der Waals surface area contributed by atoms with E-state index in [1.54, 1.807) is 0 Å². The topological polar surface area (TPSA) is 0 Å². The second-order valence-electron chi connectivity index (χ2n) is 4.09. The van der Waals surface area contributed by atoms with Gasteiger partial charge in [0.05, 0.1) is 0 Å². The van der Waals surface area contributed by atoms with Crippen LogP contribution in [0.5, 0.6) is 0 Å². The summed E-state index contributed by atoms with van der Waals surface area (Å²) < 4.78 is 0. The van der Waals surface area contributed by atoms with Crippen LogP contribution in [0.3, 0.4) is 0 Å². The van der Waals surface area contributed by atoms with Crippen molar-refractivity contribution in [2.24, 2.45) is 0 Å². The van der Waals surface area contributed by atoms with Crippen LogP contribution < -0.4 is 12.4 Å². The molecule has 0 radical (unpaired) electrons. The van der Waals surface area contributed by atoms with E-state index in [2.05, 4.69) is 26.0 Å². The number of halogens is 1. The van der Waals surface area contributed by atoms with Gasteiger partial charge in [-0.1, -0.05) is 63.8 Å². The summed E-state index contributed by atoms with van der Waals surface area (Å²) in [6.45, 7) is 5.91. The fourth-order valence-electron chi connectivity index (χ4n) is 1.60. The zero-order valence-electron chi connectivity index (χ0n) is 11.5. The molecular formula is C15H27ClMg. The van der Waals surface area contributed by atoms with Crippen molar-refractivity contribution in [1.29, 1.82) is 0 Å². The summed E-state index contributed by atoms with van der Waals surface area (Å²) in [6, 6.07) is 0. The monoisotopic (exact) mass is 266 g/mol. The molecule has 0 aliphatic rings. The number of unbranched alkanes of at least 4 members (excludes halogenated alkanes) is 9. The van der Waals surface area contributed by atoms with Crippen molar-refractivity contribution in [3.63, 3.8) is 0 Å². The van der Waals surface area contributed by atoms with E-state index in [4.69, 9.17) is 0 Å². The zero-order valence-corrected chi connectivity index (χ0v) is 13.6. The van der Waals surface area contributed by atoms with Crippen molar-refractivity contribution in [3.8, 4) is 0 Å². The smallest absolute Gasteiger partial charge is 1.00 e. The minimum atomic E-state index is 0. The molecule has 0 aromatic carbocycles. The molecule has 0 heterocycles. The molecule has 0 aliphatic carbocycles. The van der Waals surface area contributed by atoms with E-state index in [1.807, 2.05) is 12.2 Å². The van der Waals surface area contributed by atoms with Gasteiger partial charge in [0.25, 0.3) is 0 Å². The second kappa shape index (κ2) is 21.8. The minimum Gasteiger partial charge on any atom is -1.00 e. The van der Waals surface area contributed by atoms with Crippen molar-refractivity contribution < 1.29 is 12.4 Å². The molecule has 0 unspecified atom stereocenters. The summed E-state index contributed by atoms with van der Waals surface area (Å²) >= 11 is 0. The molecule has 2 heteroatoms. The zero-order chi connectivity index (χ0) is 11.2. The van der Waals surface area contributed by atoms with Crippen LogP contribution in [0.1, 0.15) is 64.7 Å². The van der Waals surface area contributed by atoms with E-state index in [0.29, 0.717) is 0 Å². The third-order valence-electron chi connectivity index (χ3n) is 2.56. The van der Waals surface area contributed by atoms with Gasteiger partial charge in [-0.25, -0.2) is 0 Å². The van der Waals surface area contributed by atoms with Crippen molar-refractivity contribution in [3.05, 3.63) is 31.2 Å². The van der Waals surface area contributed by atoms with E-state index in [1.165, 1.54) is 57.8 Å². The van der Waals surface area contributed by atoms with Crippen molar-refractivity contribution in [2.75, 3.05) is 0 Å². The summed E-state index contributed by atoms with van der Waals surface area (Å²) in [4.78, 5) is 0. The first kappa shape index (κ1) is 22.7. The summed E-state index contributed by atoms with van der Waals surface area (Å²) in [5.74, 6) is 0. The molecule has 0 fully saturated rings. The first-order valence-electron chi connectivity index (χ1n) is 6.51. The van der Waals surface area contributed by atoms with Crippen LogP contribution in [0.2, 0.25) is 0 Å². The third kappa shape index (κ3) is 22.2. The van der Waals surface area contributed by atoms with Crippen LogP contribution in [0, 0.1) is 6.42 Å². The normalized spacial score (nSPS) is 9.71. The number of rotatable bonds is 11. The Hall–Kier alpha value is 0.536. The average Bonchev–Trinajstić information content (AvgIpc) is 2.26. The Labute approximate surface area is 131 Å². The van der Waals surface area contributed by atoms with Crippen LogP contribution in [-0.2, 0) is 0 Å². The molecule has 0 rings (SSSR count). The van der Waals surface area contributed by atoms with Gasteiger partial charge in [-0.15, -0.1) is 0 Å². The minimum absolute atomic E-state index is 0. The van der Waals surface area contributed by atoms with E-state index >= 15 is 0 Å². The van der Waals surface area contributed by atoms with Gasteiger partial charge in [0.1, 0.15) is 0 Å². The number of hydrogen-bond acceptors (Lipinski definition) is 0. The molecule has 0 saturated heterocycles. The predicted octanol–water partition coefficient (Wildman–Crippen LogP) is 2.09. The molecule has 0 nitrogen and oxygen atoms in total. The molecule has 17 heavy (non-hydrogen) atoms. The molecular weight excluding hydrogens is 240 g/mol. The summed E-state index contributed by atoms with van der Waals surface area (Å²) in [6.07, 6.45) is 20.6. The Morgan fingerprint density at radius 3 is 2.24 bits per heavy atom. The first-order valence-corrected chi connectivity index (χ1v) is 6.51. The summed E-state index contributed by atoms with van der Waals surface area (Å²) in [5, 5.41) is 0. The maximum Gasteiger partial charge on any atom is 2.00 e. The fraction of sp³-hybridized carbons (Fsp3) is 0.667. The van der Waals surface area contributed by atoms with Crippen LogP contribution in [-0.4, -0.2) is 23.1 Å². The van der Waals surface area contributed by atoms with E-state index in [-0.39, 0.29) is 35.5 Å². The average molecular weight is 267 g/mol. The van der Waals surface area contributed by atoms with Crippen LogP contribution in [0.25, 0.3) is 0 Å². The Bertz CT molecular complexity index is 155. The van der Waals surface area contributed by atoms with Crippen LogP contribution in [0.4, 0.5) is 0 Å².